The molecular formula is C27H32N8O3. The molecule has 1 aromatic carbocycles. The van der Waals surface area contributed by atoms with E-state index >= 15 is 0 Å². The first-order chi connectivity index (χ1) is 18.5. The van der Waals surface area contributed by atoms with Crippen LogP contribution in [-0.4, -0.2) is 85.4 Å². The smallest absolute Gasteiger partial charge is 0.300 e. The highest BCUT2D eigenvalue weighted by Crippen LogP contribution is 2.50. The number of ether oxygens (including phenoxy) is 2. The minimum atomic E-state index is -0.261. The molecule has 1 aliphatic carbocycles. The first-order valence-corrected chi connectivity index (χ1v) is 13.4. The zero-order valence-electron chi connectivity index (χ0n) is 22.0. The van der Waals surface area contributed by atoms with E-state index in [1.807, 2.05) is 41.3 Å². The number of benzene rings is 1. The van der Waals surface area contributed by atoms with Gasteiger partial charge >= 0.3 is 0 Å². The summed E-state index contributed by atoms with van der Waals surface area (Å²) < 4.78 is 16.0. The monoisotopic (exact) mass is 516 g/mol. The maximum Gasteiger partial charge on any atom is 0.300 e. The van der Waals surface area contributed by atoms with Gasteiger partial charge in [0.15, 0.2) is 23.2 Å². The van der Waals surface area contributed by atoms with Crippen LogP contribution >= 0.6 is 0 Å². The molecule has 11 heteroatoms. The molecule has 3 atom stereocenters. The maximum atomic E-state index is 11.5. The Kier molecular flexibility index (Phi) is 5.41. The molecular weight excluding hydrogens is 484 g/mol. The van der Waals surface area contributed by atoms with Gasteiger partial charge in [0.1, 0.15) is 12.1 Å². The molecule has 198 valence electrons. The summed E-state index contributed by atoms with van der Waals surface area (Å²) in [5.74, 6) is 2.26. The molecule has 3 fully saturated rings. The molecule has 0 bridgehead atoms. The lowest BCUT2D eigenvalue weighted by Crippen LogP contribution is -2.53. The fourth-order valence-electron chi connectivity index (χ4n) is 5.72. The van der Waals surface area contributed by atoms with Gasteiger partial charge in [-0.05, 0) is 18.6 Å². The highest BCUT2D eigenvalue weighted by Gasteiger charge is 2.57. The van der Waals surface area contributed by atoms with Gasteiger partial charge in [0, 0.05) is 51.0 Å². The van der Waals surface area contributed by atoms with E-state index < -0.39 is 0 Å². The Morgan fingerprint density at radius 1 is 1.13 bits per heavy atom. The van der Waals surface area contributed by atoms with Gasteiger partial charge in [-0.1, -0.05) is 26.0 Å². The SMILES string of the molecule is CCc1nc2ccccc2n1-c1nc(N2CCOCC2)c2nc(OC3CCN3C3CC3(C)C=O)n(C)c2n1. The van der Waals surface area contributed by atoms with Crippen LogP contribution < -0.4 is 9.64 Å². The minimum Gasteiger partial charge on any atom is -0.445 e. The molecule has 0 spiro atoms. The molecule has 2 aliphatic heterocycles. The Morgan fingerprint density at radius 2 is 1.95 bits per heavy atom. The molecule has 5 heterocycles. The maximum absolute atomic E-state index is 11.5. The molecule has 0 radical (unpaired) electrons. The summed E-state index contributed by atoms with van der Waals surface area (Å²) in [6.45, 7) is 7.77. The molecule has 0 N–H and O–H groups in total. The fraction of sp³-hybridized carbons (Fsp3) is 0.519. The van der Waals surface area contributed by atoms with Crippen LogP contribution in [0.25, 0.3) is 28.1 Å². The first-order valence-electron chi connectivity index (χ1n) is 13.4. The van der Waals surface area contributed by atoms with Crippen molar-refractivity contribution in [2.24, 2.45) is 12.5 Å². The Labute approximate surface area is 220 Å². The first kappa shape index (κ1) is 23.5. The third kappa shape index (κ3) is 3.59. The topological polar surface area (TPSA) is 103 Å². The van der Waals surface area contributed by atoms with Crippen LogP contribution in [-0.2, 0) is 23.0 Å². The number of aryl methyl sites for hydroxylation is 2. The van der Waals surface area contributed by atoms with Gasteiger partial charge in [-0.25, -0.2) is 4.98 Å². The molecule has 38 heavy (non-hydrogen) atoms. The average Bonchev–Trinajstić information content (AvgIpc) is 3.28. The van der Waals surface area contributed by atoms with E-state index in [1.165, 1.54) is 0 Å². The number of imidazole rings is 2. The molecule has 3 unspecified atom stereocenters. The summed E-state index contributed by atoms with van der Waals surface area (Å²) in [5.41, 5.74) is 3.06. The van der Waals surface area contributed by atoms with Crippen LogP contribution in [0.15, 0.2) is 24.3 Å². The number of anilines is 1. The van der Waals surface area contributed by atoms with Crippen LogP contribution in [0, 0.1) is 5.41 Å². The molecule has 4 aromatic rings. The predicted octanol–water partition coefficient (Wildman–Crippen LogP) is 2.49. The lowest BCUT2D eigenvalue weighted by molar-refractivity contribution is -0.115. The van der Waals surface area contributed by atoms with Crippen molar-refractivity contribution < 1.29 is 14.3 Å². The highest BCUT2D eigenvalue weighted by molar-refractivity contribution is 5.86. The average molecular weight is 517 g/mol. The summed E-state index contributed by atoms with van der Waals surface area (Å²) in [7, 11) is 1.94. The standard InChI is InChI=1S/C27H32N8O3/c1-4-20-28-17-7-5-6-8-18(17)35(20)25-30-23-22(24(31-25)33-11-13-37-14-12-33)29-26(32(23)3)38-21-9-10-34(21)19-15-27(19,2)16-36/h5-8,16,19,21H,4,9-15H2,1-3H3. The zero-order valence-corrected chi connectivity index (χ0v) is 22.0. The summed E-state index contributed by atoms with van der Waals surface area (Å²) in [6, 6.07) is 8.83. The van der Waals surface area contributed by atoms with Crippen molar-refractivity contribution in [2.75, 3.05) is 37.7 Å². The molecule has 11 nitrogen and oxygen atoms in total. The van der Waals surface area contributed by atoms with Crippen LogP contribution in [0.2, 0.25) is 0 Å². The van der Waals surface area contributed by atoms with Gasteiger partial charge in [0.2, 0.25) is 5.95 Å². The second-order valence-corrected chi connectivity index (χ2v) is 10.7. The number of carbonyl (C=O) groups excluding carboxylic acids is 1. The van der Waals surface area contributed by atoms with Crippen LogP contribution in [0.1, 0.15) is 32.5 Å². The second-order valence-electron chi connectivity index (χ2n) is 10.7. The van der Waals surface area contributed by atoms with Crippen LogP contribution in [0.3, 0.4) is 0 Å². The third-order valence-electron chi connectivity index (χ3n) is 8.25. The number of hydrogen-bond acceptors (Lipinski definition) is 9. The molecule has 7 rings (SSSR count). The number of morpholine rings is 1. The number of hydrogen-bond donors (Lipinski definition) is 0. The van der Waals surface area contributed by atoms with Crippen molar-refractivity contribution in [1.82, 2.24) is 34.0 Å². The zero-order chi connectivity index (χ0) is 26.0. The minimum absolute atomic E-state index is 0.0964. The summed E-state index contributed by atoms with van der Waals surface area (Å²) in [4.78, 5) is 35.9. The van der Waals surface area contributed by atoms with Gasteiger partial charge < -0.3 is 19.2 Å². The van der Waals surface area contributed by atoms with Gasteiger partial charge in [0.25, 0.3) is 6.01 Å². The molecule has 3 aromatic heterocycles. The Balaban J connectivity index is 1.32. The highest BCUT2D eigenvalue weighted by atomic mass is 16.5. The van der Waals surface area contributed by atoms with Gasteiger partial charge in [-0.3, -0.25) is 14.0 Å². The third-order valence-corrected chi connectivity index (χ3v) is 8.25. The van der Waals surface area contributed by atoms with E-state index in [1.54, 1.807) is 0 Å². The lowest BCUT2D eigenvalue weighted by atomic mass is 10.1. The van der Waals surface area contributed by atoms with Crippen LogP contribution in [0.5, 0.6) is 6.01 Å². The molecule has 3 aliphatic rings. The van der Waals surface area contributed by atoms with Crippen molar-refractivity contribution in [3.63, 3.8) is 0 Å². The number of aromatic nitrogens is 6. The van der Waals surface area contributed by atoms with E-state index in [0.29, 0.717) is 36.3 Å². The van der Waals surface area contributed by atoms with E-state index in [2.05, 4.69) is 22.8 Å². The largest absolute Gasteiger partial charge is 0.445 e. The van der Waals surface area contributed by atoms with Crippen molar-refractivity contribution in [2.45, 2.75) is 45.4 Å². The second kappa shape index (κ2) is 8.74. The Morgan fingerprint density at radius 3 is 2.66 bits per heavy atom. The van der Waals surface area contributed by atoms with E-state index in [9.17, 15) is 4.79 Å². The molecule has 1 saturated carbocycles. The van der Waals surface area contributed by atoms with Crippen molar-refractivity contribution in [3.05, 3.63) is 30.1 Å². The summed E-state index contributed by atoms with van der Waals surface area (Å²) in [6.07, 6.45) is 3.52. The quantitative estimate of drug-likeness (QED) is 0.343. The summed E-state index contributed by atoms with van der Waals surface area (Å²) in [5, 5.41) is 0. The summed E-state index contributed by atoms with van der Waals surface area (Å²) >= 11 is 0. The van der Waals surface area contributed by atoms with Gasteiger partial charge in [-0.2, -0.15) is 15.0 Å². The predicted molar refractivity (Wildman–Crippen MR) is 142 cm³/mol. The van der Waals surface area contributed by atoms with Gasteiger partial charge in [0.05, 0.1) is 24.2 Å². The molecule has 2 saturated heterocycles. The molecule has 0 amide bonds. The van der Waals surface area contributed by atoms with Crippen molar-refractivity contribution >= 4 is 34.3 Å². The number of rotatable bonds is 7. The number of likely N-dealkylation sites (tertiary alicyclic amines) is 1. The lowest BCUT2D eigenvalue weighted by Gasteiger charge is -2.41. The van der Waals surface area contributed by atoms with Gasteiger partial charge in [-0.15, -0.1) is 0 Å². The van der Waals surface area contributed by atoms with Crippen molar-refractivity contribution in [1.29, 1.82) is 0 Å². The van der Waals surface area contributed by atoms with E-state index in [-0.39, 0.29) is 17.7 Å². The number of nitrogens with zero attached hydrogens (tertiary/aromatic N) is 8. The number of aldehydes is 1. The fourth-order valence-corrected chi connectivity index (χ4v) is 5.72. The number of para-hydroxylation sites is 2. The van der Waals surface area contributed by atoms with Crippen molar-refractivity contribution in [3.8, 4) is 12.0 Å². The van der Waals surface area contributed by atoms with E-state index in [0.717, 1.165) is 67.9 Å². The Hall–Kier alpha value is -3.57. The van der Waals surface area contributed by atoms with E-state index in [4.69, 9.17) is 29.4 Å². The Bertz CT molecular complexity index is 1540. The van der Waals surface area contributed by atoms with Crippen LogP contribution in [0.4, 0.5) is 5.82 Å². The number of fused-ring (bicyclic) bond motifs is 2. The normalized spacial score (nSPS) is 25.6. The number of carbonyl (C=O) groups is 1.